The molecule has 0 aromatic rings. The Morgan fingerprint density at radius 2 is 0.792 bits per heavy atom. The van der Waals surface area contributed by atoms with Crippen LogP contribution in [0.25, 0.3) is 0 Å². The Balaban J connectivity index is -0.000000250. The van der Waals surface area contributed by atoms with Crippen molar-refractivity contribution in [1.29, 1.82) is 0 Å². The zero-order valence-corrected chi connectivity index (χ0v) is 16.0. The van der Waals surface area contributed by atoms with Crippen molar-refractivity contribution < 1.29 is 23.7 Å². The standard InChI is InChI=1S/C16H36N.2Na.H3O4P.2H/c1-5-9-13-17(14-10-6-2,15-11-7-3)16-12-8-4;;;1-5(2,3)4;;/h5-16H2,1-4H3;;;(H3,1,2,3,4);;/q+1;;;;;. The third kappa shape index (κ3) is 26.3. The fourth-order valence-electron chi connectivity index (χ4n) is 2.64. The van der Waals surface area contributed by atoms with Gasteiger partial charge in [0.15, 0.2) is 0 Å². The molecule has 0 spiro atoms. The summed E-state index contributed by atoms with van der Waals surface area (Å²) in [6.45, 7) is 15.0. The summed E-state index contributed by atoms with van der Waals surface area (Å²) < 4.78 is 10.3. The molecule has 24 heavy (non-hydrogen) atoms. The number of hydrogen-bond acceptors (Lipinski definition) is 1. The number of nitrogens with zero attached hydrogens (tertiary/aromatic N) is 1. The van der Waals surface area contributed by atoms with E-state index in [-0.39, 0.29) is 59.1 Å². The van der Waals surface area contributed by atoms with E-state index in [9.17, 15) is 0 Å². The van der Waals surface area contributed by atoms with E-state index in [1.165, 1.54) is 82.0 Å². The van der Waals surface area contributed by atoms with Crippen LogP contribution in [0.2, 0.25) is 0 Å². The monoisotopic (exact) mass is 388 g/mol. The average Bonchev–Trinajstić information content (AvgIpc) is 2.44. The Bertz CT molecular complexity index is 245. The van der Waals surface area contributed by atoms with Gasteiger partial charge in [0.05, 0.1) is 26.2 Å². The Hall–Kier alpha value is 2.07. The van der Waals surface area contributed by atoms with E-state index in [4.69, 9.17) is 19.2 Å². The molecule has 140 valence electrons. The topological polar surface area (TPSA) is 77.8 Å². The van der Waals surface area contributed by atoms with Crippen LogP contribution >= 0.6 is 7.82 Å². The van der Waals surface area contributed by atoms with Crippen LogP contribution in [-0.4, -0.2) is 104 Å². The summed E-state index contributed by atoms with van der Waals surface area (Å²) >= 11 is 0. The van der Waals surface area contributed by atoms with Crippen LogP contribution in [0.15, 0.2) is 0 Å². The van der Waals surface area contributed by atoms with Crippen molar-refractivity contribution in [2.24, 2.45) is 0 Å². The molecule has 0 unspecified atom stereocenters. The molecule has 0 aromatic carbocycles. The molecule has 0 radical (unpaired) electrons. The SMILES string of the molecule is CCCC[N+](CCCC)(CCCC)CCCC.O=P(O)(O)O.[NaH].[NaH]. The van der Waals surface area contributed by atoms with Gasteiger partial charge in [0.1, 0.15) is 0 Å². The molecule has 3 N–H and O–H groups in total. The molecule has 0 aromatic heterocycles. The van der Waals surface area contributed by atoms with E-state index in [0.29, 0.717) is 0 Å². The third-order valence-corrected chi connectivity index (χ3v) is 3.94. The van der Waals surface area contributed by atoms with Gasteiger partial charge < -0.3 is 19.2 Å². The van der Waals surface area contributed by atoms with E-state index in [1.807, 2.05) is 0 Å². The molecule has 0 heterocycles. The van der Waals surface area contributed by atoms with Gasteiger partial charge in [-0.1, -0.05) is 53.4 Å². The second-order valence-corrected chi connectivity index (χ2v) is 7.19. The molecule has 0 saturated carbocycles. The Morgan fingerprint density at radius 1 is 0.625 bits per heavy atom. The molecular weight excluding hydrogens is 347 g/mol. The van der Waals surface area contributed by atoms with Gasteiger partial charge in [0.25, 0.3) is 0 Å². The van der Waals surface area contributed by atoms with Gasteiger partial charge in [0, 0.05) is 0 Å². The van der Waals surface area contributed by atoms with Crippen LogP contribution in [0.3, 0.4) is 0 Å². The Labute approximate surface area is 194 Å². The van der Waals surface area contributed by atoms with Crippen molar-refractivity contribution in [2.75, 3.05) is 26.2 Å². The molecule has 0 aliphatic carbocycles. The second-order valence-electron chi connectivity index (χ2n) is 6.16. The van der Waals surface area contributed by atoms with Gasteiger partial charge in [0.2, 0.25) is 0 Å². The molecule has 0 rings (SSSR count). The van der Waals surface area contributed by atoms with E-state index in [0.717, 1.165) is 0 Å². The van der Waals surface area contributed by atoms with Crippen LogP contribution < -0.4 is 0 Å². The van der Waals surface area contributed by atoms with Crippen LogP contribution in [0, 0.1) is 0 Å². The fraction of sp³-hybridized carbons (Fsp3) is 1.00. The van der Waals surface area contributed by atoms with Gasteiger partial charge in [-0.2, -0.15) is 0 Å². The van der Waals surface area contributed by atoms with Gasteiger partial charge in [-0.3, -0.25) is 0 Å². The van der Waals surface area contributed by atoms with Crippen molar-refractivity contribution in [3.63, 3.8) is 0 Å². The average molecular weight is 388 g/mol. The molecule has 5 nitrogen and oxygen atoms in total. The molecule has 0 bridgehead atoms. The molecular formula is C16H41NNa2O4P+. The predicted octanol–water partition coefficient (Wildman–Crippen LogP) is 2.78. The molecule has 0 atom stereocenters. The second kappa shape index (κ2) is 21.4. The molecule has 0 aliphatic rings. The summed E-state index contributed by atoms with van der Waals surface area (Å²) in [6, 6.07) is 0. The molecule has 0 saturated heterocycles. The summed E-state index contributed by atoms with van der Waals surface area (Å²) in [5, 5.41) is 0. The normalized spacial score (nSPS) is 11.0. The van der Waals surface area contributed by atoms with Crippen molar-refractivity contribution >= 4 is 66.9 Å². The molecule has 0 fully saturated rings. The van der Waals surface area contributed by atoms with E-state index >= 15 is 0 Å². The summed E-state index contributed by atoms with van der Waals surface area (Å²) in [6.07, 6.45) is 11.1. The first-order chi connectivity index (χ1) is 10.2. The minimum absolute atomic E-state index is 0. The van der Waals surface area contributed by atoms with Crippen LogP contribution in [-0.2, 0) is 4.57 Å². The number of phosphoric acid groups is 1. The zero-order valence-electron chi connectivity index (χ0n) is 15.1. The first-order valence-electron chi connectivity index (χ1n) is 8.88. The molecule has 8 heteroatoms. The number of rotatable bonds is 12. The van der Waals surface area contributed by atoms with E-state index in [2.05, 4.69) is 27.7 Å². The molecule has 0 aliphatic heterocycles. The first-order valence-corrected chi connectivity index (χ1v) is 10.4. The van der Waals surface area contributed by atoms with Gasteiger partial charge in [-0.15, -0.1) is 0 Å². The maximum absolute atomic E-state index is 8.88. The van der Waals surface area contributed by atoms with Gasteiger partial charge >= 0.3 is 66.9 Å². The summed E-state index contributed by atoms with van der Waals surface area (Å²) in [5.74, 6) is 0. The van der Waals surface area contributed by atoms with E-state index in [1.54, 1.807) is 0 Å². The van der Waals surface area contributed by atoms with Crippen LogP contribution in [0.1, 0.15) is 79.1 Å². The van der Waals surface area contributed by atoms with Crippen molar-refractivity contribution in [3.05, 3.63) is 0 Å². The quantitative estimate of drug-likeness (QED) is 0.273. The third-order valence-electron chi connectivity index (χ3n) is 3.94. The van der Waals surface area contributed by atoms with Crippen LogP contribution in [0.5, 0.6) is 0 Å². The summed E-state index contributed by atoms with van der Waals surface area (Å²) in [5.41, 5.74) is 0. The zero-order chi connectivity index (χ0) is 17.5. The Kier molecular flexibility index (Phi) is 30.0. The maximum atomic E-state index is 8.88. The number of hydrogen-bond donors (Lipinski definition) is 3. The van der Waals surface area contributed by atoms with Gasteiger partial charge in [-0.05, 0) is 25.7 Å². The van der Waals surface area contributed by atoms with Crippen molar-refractivity contribution in [2.45, 2.75) is 79.1 Å². The van der Waals surface area contributed by atoms with Crippen molar-refractivity contribution in [3.8, 4) is 0 Å². The predicted molar refractivity (Wildman–Crippen MR) is 108 cm³/mol. The summed E-state index contributed by atoms with van der Waals surface area (Å²) in [4.78, 5) is 21.6. The number of quaternary nitrogens is 1. The molecule has 0 amide bonds. The summed E-state index contributed by atoms with van der Waals surface area (Å²) in [7, 11) is -4.64. The Morgan fingerprint density at radius 3 is 0.917 bits per heavy atom. The van der Waals surface area contributed by atoms with Crippen molar-refractivity contribution in [1.82, 2.24) is 0 Å². The first kappa shape index (κ1) is 33.6. The van der Waals surface area contributed by atoms with Crippen LogP contribution in [0.4, 0.5) is 0 Å². The minimum atomic E-state index is -4.64. The van der Waals surface area contributed by atoms with Gasteiger partial charge in [-0.25, -0.2) is 4.57 Å². The fourth-order valence-corrected chi connectivity index (χ4v) is 2.64. The number of unbranched alkanes of at least 4 members (excludes halogenated alkanes) is 4. The van der Waals surface area contributed by atoms with E-state index < -0.39 is 7.82 Å².